The molecular formula is C13H20O2S. The number of rotatable bonds is 6. The molecule has 16 heavy (non-hydrogen) atoms. The summed E-state index contributed by atoms with van der Waals surface area (Å²) in [6, 6.07) is 6.11. The molecular weight excluding hydrogens is 220 g/mol. The maximum Gasteiger partial charge on any atom is 0.161 e. The van der Waals surface area contributed by atoms with Crippen molar-refractivity contribution in [3.05, 3.63) is 23.8 Å². The maximum absolute atomic E-state index is 5.47. The predicted molar refractivity (Wildman–Crippen MR) is 70.9 cm³/mol. The topological polar surface area (TPSA) is 18.5 Å². The standard InChI is InChI=1S/C13H20O2S/c1-4-15-12-6-5-11(7-10(2)9-16)8-13(12)14-3/h5-6,8,10,16H,4,7,9H2,1-3H3. The zero-order valence-corrected chi connectivity index (χ0v) is 11.1. The van der Waals surface area contributed by atoms with Crippen molar-refractivity contribution in [2.45, 2.75) is 20.3 Å². The van der Waals surface area contributed by atoms with Crippen LogP contribution in [0, 0.1) is 5.92 Å². The first kappa shape index (κ1) is 13.2. The van der Waals surface area contributed by atoms with Crippen LogP contribution in [0.2, 0.25) is 0 Å². The lowest BCUT2D eigenvalue weighted by Crippen LogP contribution is -2.02. The summed E-state index contributed by atoms with van der Waals surface area (Å²) in [7, 11) is 1.67. The van der Waals surface area contributed by atoms with E-state index in [0.717, 1.165) is 23.7 Å². The summed E-state index contributed by atoms with van der Waals surface area (Å²) in [6.45, 7) is 4.81. The van der Waals surface area contributed by atoms with Gasteiger partial charge in [0.1, 0.15) is 0 Å². The van der Waals surface area contributed by atoms with E-state index < -0.39 is 0 Å². The Labute approximate surface area is 103 Å². The van der Waals surface area contributed by atoms with E-state index in [1.165, 1.54) is 5.56 Å². The van der Waals surface area contributed by atoms with E-state index in [1.807, 2.05) is 19.1 Å². The molecule has 0 aliphatic carbocycles. The van der Waals surface area contributed by atoms with E-state index in [0.29, 0.717) is 12.5 Å². The van der Waals surface area contributed by atoms with Crippen LogP contribution in [0.1, 0.15) is 19.4 Å². The first-order valence-corrected chi connectivity index (χ1v) is 6.25. The van der Waals surface area contributed by atoms with Crippen LogP contribution >= 0.6 is 12.6 Å². The largest absolute Gasteiger partial charge is 0.493 e. The van der Waals surface area contributed by atoms with Gasteiger partial charge in [-0.3, -0.25) is 0 Å². The van der Waals surface area contributed by atoms with Gasteiger partial charge in [0.15, 0.2) is 11.5 Å². The lowest BCUT2D eigenvalue weighted by atomic mass is 10.0. The zero-order valence-electron chi connectivity index (χ0n) is 10.2. The molecule has 1 rings (SSSR count). The lowest BCUT2D eigenvalue weighted by Gasteiger charge is -2.12. The van der Waals surface area contributed by atoms with E-state index in [1.54, 1.807) is 7.11 Å². The molecule has 0 saturated heterocycles. The minimum absolute atomic E-state index is 0.575. The van der Waals surface area contributed by atoms with Crippen molar-refractivity contribution in [1.82, 2.24) is 0 Å². The highest BCUT2D eigenvalue weighted by atomic mass is 32.1. The van der Waals surface area contributed by atoms with Crippen molar-refractivity contribution < 1.29 is 9.47 Å². The molecule has 1 atom stereocenters. The van der Waals surface area contributed by atoms with Gasteiger partial charge in [-0.2, -0.15) is 12.6 Å². The number of thiol groups is 1. The lowest BCUT2D eigenvalue weighted by molar-refractivity contribution is 0.310. The molecule has 0 aliphatic heterocycles. The molecule has 0 bridgehead atoms. The zero-order chi connectivity index (χ0) is 12.0. The molecule has 1 unspecified atom stereocenters. The van der Waals surface area contributed by atoms with Crippen molar-refractivity contribution in [2.24, 2.45) is 5.92 Å². The Bertz CT molecular complexity index is 326. The summed E-state index contributed by atoms with van der Waals surface area (Å²) >= 11 is 4.29. The Hall–Kier alpha value is -0.830. The molecule has 90 valence electrons. The number of ether oxygens (including phenoxy) is 2. The van der Waals surface area contributed by atoms with Gasteiger partial charge < -0.3 is 9.47 Å². The second-order valence-corrected chi connectivity index (χ2v) is 4.28. The Morgan fingerprint density at radius 2 is 2.06 bits per heavy atom. The van der Waals surface area contributed by atoms with Gasteiger partial charge in [0.25, 0.3) is 0 Å². The van der Waals surface area contributed by atoms with Gasteiger partial charge in [-0.05, 0) is 42.7 Å². The first-order valence-electron chi connectivity index (χ1n) is 5.61. The molecule has 0 N–H and O–H groups in total. The highest BCUT2D eigenvalue weighted by Gasteiger charge is 2.07. The molecule has 0 fully saturated rings. The summed E-state index contributed by atoms with van der Waals surface area (Å²) in [6.07, 6.45) is 1.02. The van der Waals surface area contributed by atoms with Crippen LogP contribution in [0.4, 0.5) is 0 Å². The van der Waals surface area contributed by atoms with Crippen LogP contribution in [0.3, 0.4) is 0 Å². The highest BCUT2D eigenvalue weighted by Crippen LogP contribution is 2.28. The van der Waals surface area contributed by atoms with Gasteiger partial charge in [0.05, 0.1) is 13.7 Å². The number of hydrogen-bond acceptors (Lipinski definition) is 3. The minimum Gasteiger partial charge on any atom is -0.493 e. The normalized spacial score (nSPS) is 12.2. The van der Waals surface area contributed by atoms with Gasteiger partial charge in [0, 0.05) is 0 Å². The summed E-state index contributed by atoms with van der Waals surface area (Å²) in [5, 5.41) is 0. The molecule has 0 amide bonds. The average Bonchev–Trinajstić information content (AvgIpc) is 2.31. The Kier molecular flexibility index (Phi) is 5.53. The van der Waals surface area contributed by atoms with Crippen molar-refractivity contribution in [3.63, 3.8) is 0 Å². The van der Waals surface area contributed by atoms with Gasteiger partial charge in [-0.1, -0.05) is 13.0 Å². The van der Waals surface area contributed by atoms with Crippen LogP contribution in [0.25, 0.3) is 0 Å². The molecule has 0 aliphatic rings. The fourth-order valence-electron chi connectivity index (χ4n) is 1.58. The molecule has 1 aromatic carbocycles. The summed E-state index contributed by atoms with van der Waals surface area (Å²) < 4.78 is 10.8. The third kappa shape index (κ3) is 3.63. The molecule has 0 aromatic heterocycles. The highest BCUT2D eigenvalue weighted by molar-refractivity contribution is 7.80. The van der Waals surface area contributed by atoms with E-state index in [-0.39, 0.29) is 0 Å². The molecule has 2 nitrogen and oxygen atoms in total. The van der Waals surface area contributed by atoms with Crippen LogP contribution < -0.4 is 9.47 Å². The fraction of sp³-hybridized carbons (Fsp3) is 0.538. The minimum atomic E-state index is 0.575. The Balaban J connectivity index is 2.81. The van der Waals surface area contributed by atoms with E-state index in [2.05, 4.69) is 25.6 Å². The third-order valence-electron chi connectivity index (χ3n) is 2.42. The monoisotopic (exact) mass is 240 g/mol. The second kappa shape index (κ2) is 6.69. The first-order chi connectivity index (χ1) is 7.71. The Morgan fingerprint density at radius 3 is 2.62 bits per heavy atom. The van der Waals surface area contributed by atoms with Crippen molar-refractivity contribution in [2.75, 3.05) is 19.5 Å². The number of methoxy groups -OCH3 is 1. The van der Waals surface area contributed by atoms with E-state index >= 15 is 0 Å². The number of hydrogen-bond donors (Lipinski definition) is 1. The van der Waals surface area contributed by atoms with Crippen LogP contribution in [-0.4, -0.2) is 19.5 Å². The van der Waals surface area contributed by atoms with Gasteiger partial charge in [0.2, 0.25) is 0 Å². The molecule has 0 spiro atoms. The summed E-state index contributed by atoms with van der Waals surface area (Å²) in [5.41, 5.74) is 1.27. The number of benzene rings is 1. The molecule has 0 radical (unpaired) electrons. The van der Waals surface area contributed by atoms with E-state index in [4.69, 9.17) is 9.47 Å². The van der Waals surface area contributed by atoms with E-state index in [9.17, 15) is 0 Å². The molecule has 3 heteroatoms. The van der Waals surface area contributed by atoms with Gasteiger partial charge in [-0.25, -0.2) is 0 Å². The smallest absolute Gasteiger partial charge is 0.161 e. The second-order valence-electron chi connectivity index (χ2n) is 3.91. The third-order valence-corrected chi connectivity index (χ3v) is 3.05. The SMILES string of the molecule is CCOc1ccc(CC(C)CS)cc1OC. The van der Waals surface area contributed by atoms with Gasteiger partial charge >= 0.3 is 0 Å². The fourth-order valence-corrected chi connectivity index (χ4v) is 1.71. The molecule has 0 saturated carbocycles. The summed E-state index contributed by atoms with van der Waals surface area (Å²) in [5.74, 6) is 3.10. The Morgan fingerprint density at radius 1 is 1.31 bits per heavy atom. The average molecular weight is 240 g/mol. The van der Waals surface area contributed by atoms with Crippen LogP contribution in [0.15, 0.2) is 18.2 Å². The quantitative estimate of drug-likeness (QED) is 0.770. The molecule has 1 aromatic rings. The predicted octanol–water partition coefficient (Wildman–Crippen LogP) is 3.20. The van der Waals surface area contributed by atoms with Crippen LogP contribution in [-0.2, 0) is 6.42 Å². The van der Waals surface area contributed by atoms with Crippen LogP contribution in [0.5, 0.6) is 11.5 Å². The molecule has 0 heterocycles. The van der Waals surface area contributed by atoms with Crippen molar-refractivity contribution in [1.29, 1.82) is 0 Å². The maximum atomic E-state index is 5.47. The van der Waals surface area contributed by atoms with Crippen molar-refractivity contribution >= 4 is 12.6 Å². The van der Waals surface area contributed by atoms with Crippen molar-refractivity contribution in [3.8, 4) is 11.5 Å². The summed E-state index contributed by atoms with van der Waals surface area (Å²) in [4.78, 5) is 0. The van der Waals surface area contributed by atoms with Gasteiger partial charge in [-0.15, -0.1) is 0 Å².